The fourth-order valence-corrected chi connectivity index (χ4v) is 1.70. The summed E-state index contributed by atoms with van der Waals surface area (Å²) in [5, 5.41) is 0. The summed E-state index contributed by atoms with van der Waals surface area (Å²) in [6.45, 7) is 5.98. The lowest BCUT2D eigenvalue weighted by atomic mass is 10.4. The number of hydrogen-bond donors (Lipinski definition) is 0. The van der Waals surface area contributed by atoms with Gasteiger partial charge in [-0.05, 0) is 13.8 Å². The second kappa shape index (κ2) is 3.04. The zero-order valence-electron chi connectivity index (χ0n) is 9.00. The Morgan fingerprint density at radius 1 is 1.14 bits per heavy atom. The van der Waals surface area contributed by atoms with Crippen LogP contribution in [0.2, 0.25) is 0 Å². The van der Waals surface area contributed by atoms with Crippen LogP contribution >= 0.6 is 0 Å². The maximum Gasteiger partial charge on any atom is 0.163 e. The Hall–Kier alpha value is -1.45. The molecule has 0 spiro atoms. The van der Waals surface area contributed by atoms with Crippen LogP contribution in [0.15, 0.2) is 0 Å². The third-order valence-electron chi connectivity index (χ3n) is 2.41. The van der Waals surface area contributed by atoms with E-state index in [9.17, 15) is 0 Å². The molecule has 0 aliphatic rings. The highest BCUT2D eigenvalue weighted by atomic mass is 15.1. The highest BCUT2D eigenvalue weighted by Gasteiger charge is 2.10. The molecular weight excluding hydrogens is 176 g/mol. The summed E-state index contributed by atoms with van der Waals surface area (Å²) < 4.78 is 2.04. The van der Waals surface area contributed by atoms with E-state index in [1.807, 2.05) is 25.5 Å². The van der Waals surface area contributed by atoms with E-state index in [0.717, 1.165) is 34.9 Å². The van der Waals surface area contributed by atoms with Gasteiger partial charge in [0.1, 0.15) is 17.2 Å². The summed E-state index contributed by atoms with van der Waals surface area (Å²) in [5.41, 5.74) is 2.82. The van der Waals surface area contributed by atoms with Crippen LogP contribution in [0, 0.1) is 13.8 Å². The molecule has 0 bridgehead atoms. The lowest BCUT2D eigenvalue weighted by Crippen LogP contribution is -1.98. The Bertz CT molecular complexity index is 484. The normalized spacial score (nSPS) is 11.1. The molecule has 0 fully saturated rings. The van der Waals surface area contributed by atoms with Crippen molar-refractivity contribution < 1.29 is 0 Å². The average molecular weight is 190 g/mol. The van der Waals surface area contributed by atoms with Gasteiger partial charge in [-0.25, -0.2) is 15.0 Å². The standard InChI is InChI=1S/C10H14N4/c1-5-8-13-9-6(2)11-7(3)12-10(9)14(8)4/h5H2,1-4H3. The van der Waals surface area contributed by atoms with Gasteiger partial charge in [0.2, 0.25) is 0 Å². The van der Waals surface area contributed by atoms with E-state index in [2.05, 4.69) is 21.9 Å². The first-order valence-corrected chi connectivity index (χ1v) is 4.80. The minimum atomic E-state index is 0.806. The van der Waals surface area contributed by atoms with Crippen LogP contribution in [0.5, 0.6) is 0 Å². The van der Waals surface area contributed by atoms with Crippen molar-refractivity contribution in [3.05, 3.63) is 17.3 Å². The maximum absolute atomic E-state index is 4.51. The zero-order chi connectivity index (χ0) is 10.3. The molecule has 0 radical (unpaired) electrons. The Kier molecular flexibility index (Phi) is 1.98. The molecule has 74 valence electrons. The Labute approximate surface area is 83.0 Å². The molecule has 0 aromatic carbocycles. The SMILES string of the molecule is CCc1nc2c(C)nc(C)nc2n1C. The van der Waals surface area contributed by atoms with E-state index >= 15 is 0 Å². The predicted molar refractivity (Wildman–Crippen MR) is 55.2 cm³/mol. The lowest BCUT2D eigenvalue weighted by Gasteiger charge is -1.99. The molecule has 0 amide bonds. The fraction of sp³-hybridized carbons (Fsp3) is 0.500. The van der Waals surface area contributed by atoms with Crippen LogP contribution in [0.1, 0.15) is 24.3 Å². The monoisotopic (exact) mass is 190 g/mol. The average Bonchev–Trinajstić information content (AvgIpc) is 2.44. The molecule has 0 aliphatic carbocycles. The summed E-state index contributed by atoms with van der Waals surface area (Å²) in [6, 6.07) is 0. The molecule has 0 unspecified atom stereocenters. The third kappa shape index (κ3) is 1.18. The molecule has 2 aromatic heterocycles. The first kappa shape index (κ1) is 9.12. The van der Waals surface area contributed by atoms with E-state index < -0.39 is 0 Å². The predicted octanol–water partition coefficient (Wildman–Crippen LogP) is 1.54. The molecule has 0 aliphatic heterocycles. The van der Waals surface area contributed by atoms with Gasteiger partial charge in [0.15, 0.2) is 5.65 Å². The number of fused-ring (bicyclic) bond motifs is 1. The van der Waals surface area contributed by atoms with Crippen molar-refractivity contribution in [3.63, 3.8) is 0 Å². The minimum absolute atomic E-state index is 0.806. The first-order chi connectivity index (χ1) is 6.63. The molecule has 2 heterocycles. The molecule has 2 rings (SSSR count). The van der Waals surface area contributed by atoms with Gasteiger partial charge in [0.05, 0.1) is 5.69 Å². The van der Waals surface area contributed by atoms with Crippen LogP contribution in [-0.2, 0) is 13.5 Å². The second-order valence-corrected chi connectivity index (χ2v) is 3.47. The van der Waals surface area contributed by atoms with E-state index in [0.29, 0.717) is 0 Å². The lowest BCUT2D eigenvalue weighted by molar-refractivity contribution is 0.818. The molecule has 0 atom stereocenters. The number of aromatic nitrogens is 4. The van der Waals surface area contributed by atoms with Crippen molar-refractivity contribution in [2.24, 2.45) is 7.05 Å². The number of imidazole rings is 1. The highest BCUT2D eigenvalue weighted by Crippen LogP contribution is 2.15. The van der Waals surface area contributed by atoms with E-state index in [4.69, 9.17) is 0 Å². The van der Waals surface area contributed by atoms with Crippen LogP contribution in [-0.4, -0.2) is 19.5 Å². The molecule has 0 saturated carbocycles. The van der Waals surface area contributed by atoms with E-state index in [1.54, 1.807) is 0 Å². The third-order valence-corrected chi connectivity index (χ3v) is 2.41. The van der Waals surface area contributed by atoms with Gasteiger partial charge in [0.25, 0.3) is 0 Å². The van der Waals surface area contributed by atoms with Gasteiger partial charge in [-0.15, -0.1) is 0 Å². The second-order valence-electron chi connectivity index (χ2n) is 3.47. The maximum atomic E-state index is 4.51. The van der Waals surface area contributed by atoms with Crippen molar-refractivity contribution in [3.8, 4) is 0 Å². The van der Waals surface area contributed by atoms with Crippen LogP contribution < -0.4 is 0 Å². The largest absolute Gasteiger partial charge is 0.316 e. The number of aryl methyl sites for hydroxylation is 4. The molecular formula is C10H14N4. The molecule has 2 aromatic rings. The molecule has 14 heavy (non-hydrogen) atoms. The summed E-state index contributed by atoms with van der Waals surface area (Å²) >= 11 is 0. The smallest absolute Gasteiger partial charge is 0.163 e. The van der Waals surface area contributed by atoms with Gasteiger partial charge >= 0.3 is 0 Å². The van der Waals surface area contributed by atoms with Crippen LogP contribution in [0.3, 0.4) is 0 Å². The van der Waals surface area contributed by atoms with Gasteiger partial charge in [-0.1, -0.05) is 6.92 Å². The Morgan fingerprint density at radius 2 is 1.86 bits per heavy atom. The quantitative estimate of drug-likeness (QED) is 0.685. The summed E-state index contributed by atoms with van der Waals surface area (Å²) in [6.07, 6.45) is 0.922. The molecule has 4 heteroatoms. The van der Waals surface area contributed by atoms with E-state index in [-0.39, 0.29) is 0 Å². The number of rotatable bonds is 1. The van der Waals surface area contributed by atoms with Crippen molar-refractivity contribution >= 4 is 11.2 Å². The van der Waals surface area contributed by atoms with Crippen molar-refractivity contribution in [2.45, 2.75) is 27.2 Å². The van der Waals surface area contributed by atoms with Gasteiger partial charge in [-0.2, -0.15) is 0 Å². The molecule has 0 saturated heterocycles. The summed E-state index contributed by atoms with van der Waals surface area (Å²) in [5.74, 6) is 1.86. The van der Waals surface area contributed by atoms with Crippen molar-refractivity contribution in [1.29, 1.82) is 0 Å². The molecule has 4 nitrogen and oxygen atoms in total. The Balaban J connectivity index is 2.85. The molecule has 0 N–H and O–H groups in total. The first-order valence-electron chi connectivity index (χ1n) is 4.80. The van der Waals surface area contributed by atoms with Gasteiger partial charge in [-0.3, -0.25) is 0 Å². The van der Waals surface area contributed by atoms with Crippen LogP contribution in [0.25, 0.3) is 11.2 Å². The number of hydrogen-bond acceptors (Lipinski definition) is 3. The summed E-state index contributed by atoms with van der Waals surface area (Å²) in [7, 11) is 2.00. The van der Waals surface area contributed by atoms with Crippen molar-refractivity contribution in [1.82, 2.24) is 19.5 Å². The zero-order valence-corrected chi connectivity index (χ0v) is 9.00. The topological polar surface area (TPSA) is 43.6 Å². The van der Waals surface area contributed by atoms with Gasteiger partial charge < -0.3 is 4.57 Å². The number of nitrogens with zero attached hydrogens (tertiary/aromatic N) is 4. The van der Waals surface area contributed by atoms with Crippen LogP contribution in [0.4, 0.5) is 0 Å². The minimum Gasteiger partial charge on any atom is -0.316 e. The highest BCUT2D eigenvalue weighted by molar-refractivity contribution is 5.73. The van der Waals surface area contributed by atoms with Gasteiger partial charge in [0, 0.05) is 13.5 Å². The fourth-order valence-electron chi connectivity index (χ4n) is 1.70. The van der Waals surface area contributed by atoms with E-state index in [1.165, 1.54) is 0 Å². The Morgan fingerprint density at radius 3 is 2.50 bits per heavy atom. The van der Waals surface area contributed by atoms with Crippen molar-refractivity contribution in [2.75, 3.05) is 0 Å². The summed E-state index contributed by atoms with van der Waals surface area (Å²) in [4.78, 5) is 13.2.